The van der Waals surface area contributed by atoms with Gasteiger partial charge in [-0.3, -0.25) is 4.90 Å². The molecular formula is C12H19ClN2. The molecule has 0 aliphatic heterocycles. The molecular weight excluding hydrogens is 208 g/mol. The van der Waals surface area contributed by atoms with Gasteiger partial charge in [0.25, 0.3) is 0 Å². The minimum atomic E-state index is 0.294. The highest BCUT2D eigenvalue weighted by Gasteiger charge is 2.13. The summed E-state index contributed by atoms with van der Waals surface area (Å²) < 4.78 is 0. The molecule has 0 saturated heterocycles. The molecule has 0 unspecified atom stereocenters. The molecule has 84 valence electrons. The number of likely N-dealkylation sites (N-methyl/N-ethyl adjacent to an activating group) is 1. The lowest BCUT2D eigenvalue weighted by Crippen LogP contribution is -2.31. The van der Waals surface area contributed by atoms with Crippen molar-refractivity contribution >= 4 is 11.6 Å². The molecule has 0 radical (unpaired) electrons. The number of nitrogens with two attached hydrogens (primary N) is 1. The zero-order valence-electron chi connectivity index (χ0n) is 9.41. The molecule has 0 saturated carbocycles. The Morgan fingerprint density at radius 3 is 2.40 bits per heavy atom. The third kappa shape index (κ3) is 3.49. The van der Waals surface area contributed by atoms with Gasteiger partial charge in [-0.05, 0) is 37.7 Å². The smallest absolute Gasteiger partial charge is 0.0467 e. The molecule has 0 aliphatic rings. The van der Waals surface area contributed by atoms with Crippen LogP contribution < -0.4 is 5.73 Å². The Labute approximate surface area is 97.0 Å². The first-order valence-electron chi connectivity index (χ1n) is 5.34. The van der Waals surface area contributed by atoms with Crippen LogP contribution >= 0.6 is 11.6 Å². The molecule has 1 rings (SSSR count). The Bertz CT molecular complexity index is 284. The van der Waals surface area contributed by atoms with Crippen LogP contribution in [0, 0.1) is 0 Å². The largest absolute Gasteiger partial charge is 0.329 e. The fraction of sp³-hybridized carbons (Fsp3) is 0.500. The molecule has 0 aromatic heterocycles. The average molecular weight is 227 g/mol. The lowest BCUT2D eigenvalue weighted by Gasteiger charge is -2.26. The van der Waals surface area contributed by atoms with Gasteiger partial charge in [0.15, 0.2) is 0 Å². The summed E-state index contributed by atoms with van der Waals surface area (Å²) in [5.41, 5.74) is 7.03. The Hall–Kier alpha value is -0.570. The topological polar surface area (TPSA) is 29.3 Å². The minimum Gasteiger partial charge on any atom is -0.329 e. The van der Waals surface area contributed by atoms with Crippen molar-refractivity contribution in [3.8, 4) is 0 Å². The van der Waals surface area contributed by atoms with Crippen molar-refractivity contribution in [2.75, 3.05) is 20.1 Å². The quantitative estimate of drug-likeness (QED) is 0.837. The van der Waals surface area contributed by atoms with E-state index < -0.39 is 0 Å². The third-order valence-electron chi connectivity index (χ3n) is 2.59. The number of halogens is 1. The van der Waals surface area contributed by atoms with Crippen LogP contribution in [0.3, 0.4) is 0 Å². The van der Waals surface area contributed by atoms with Gasteiger partial charge in [-0.1, -0.05) is 30.7 Å². The summed E-state index contributed by atoms with van der Waals surface area (Å²) in [6.45, 7) is 3.87. The van der Waals surface area contributed by atoms with Crippen molar-refractivity contribution in [1.29, 1.82) is 0 Å². The van der Waals surface area contributed by atoms with Crippen molar-refractivity contribution in [3.05, 3.63) is 34.9 Å². The van der Waals surface area contributed by atoms with Gasteiger partial charge in [0, 0.05) is 17.6 Å². The van der Waals surface area contributed by atoms with Gasteiger partial charge < -0.3 is 5.73 Å². The standard InChI is InChI=1S/C12H19ClN2/c1-3-8-15(2)12(9-14)10-4-6-11(13)7-5-10/h4-7,12H,3,8-9,14H2,1-2H3/t12-/m0/s1. The van der Waals surface area contributed by atoms with Crippen LogP contribution in [-0.2, 0) is 0 Å². The van der Waals surface area contributed by atoms with Crippen molar-refractivity contribution in [2.45, 2.75) is 19.4 Å². The van der Waals surface area contributed by atoms with Crippen molar-refractivity contribution in [2.24, 2.45) is 5.73 Å². The first-order valence-corrected chi connectivity index (χ1v) is 5.72. The van der Waals surface area contributed by atoms with Crippen molar-refractivity contribution < 1.29 is 0 Å². The second-order valence-electron chi connectivity index (χ2n) is 3.78. The molecule has 0 amide bonds. The van der Waals surface area contributed by atoms with Gasteiger partial charge in [0.1, 0.15) is 0 Å². The van der Waals surface area contributed by atoms with E-state index >= 15 is 0 Å². The SMILES string of the molecule is CCCN(C)[C@@H](CN)c1ccc(Cl)cc1. The monoisotopic (exact) mass is 226 g/mol. The van der Waals surface area contributed by atoms with Gasteiger partial charge in [-0.2, -0.15) is 0 Å². The van der Waals surface area contributed by atoms with E-state index in [2.05, 4.69) is 18.9 Å². The van der Waals surface area contributed by atoms with Crippen LogP contribution in [0.4, 0.5) is 0 Å². The zero-order chi connectivity index (χ0) is 11.3. The van der Waals surface area contributed by atoms with Crippen LogP contribution in [-0.4, -0.2) is 25.0 Å². The zero-order valence-corrected chi connectivity index (χ0v) is 10.2. The minimum absolute atomic E-state index is 0.294. The summed E-state index contributed by atoms with van der Waals surface area (Å²) in [7, 11) is 2.11. The first-order chi connectivity index (χ1) is 7.19. The Morgan fingerprint density at radius 2 is 1.93 bits per heavy atom. The van der Waals surface area contributed by atoms with Crippen LogP contribution in [0.25, 0.3) is 0 Å². The molecule has 0 aliphatic carbocycles. The summed E-state index contributed by atoms with van der Waals surface area (Å²) in [6.07, 6.45) is 1.14. The molecule has 15 heavy (non-hydrogen) atoms. The molecule has 3 heteroatoms. The van der Waals surface area contributed by atoms with E-state index in [1.807, 2.05) is 24.3 Å². The highest BCUT2D eigenvalue weighted by Crippen LogP contribution is 2.20. The van der Waals surface area contributed by atoms with E-state index in [0.29, 0.717) is 12.6 Å². The third-order valence-corrected chi connectivity index (χ3v) is 2.84. The van der Waals surface area contributed by atoms with Crippen molar-refractivity contribution in [3.63, 3.8) is 0 Å². The Morgan fingerprint density at radius 1 is 1.33 bits per heavy atom. The fourth-order valence-electron chi connectivity index (χ4n) is 1.76. The number of nitrogens with zero attached hydrogens (tertiary/aromatic N) is 1. The Kier molecular flexibility index (Phi) is 5.09. The van der Waals surface area contributed by atoms with E-state index in [-0.39, 0.29) is 0 Å². The maximum absolute atomic E-state index is 5.86. The molecule has 1 aromatic rings. The maximum Gasteiger partial charge on any atom is 0.0467 e. The van der Waals surface area contributed by atoms with E-state index in [9.17, 15) is 0 Å². The predicted molar refractivity (Wildman–Crippen MR) is 66.2 cm³/mol. The van der Waals surface area contributed by atoms with Gasteiger partial charge in [0.05, 0.1) is 0 Å². The predicted octanol–water partition coefficient (Wildman–Crippen LogP) is 2.68. The van der Waals surface area contributed by atoms with Gasteiger partial charge in [-0.15, -0.1) is 0 Å². The van der Waals surface area contributed by atoms with Crippen LogP contribution in [0.5, 0.6) is 0 Å². The van der Waals surface area contributed by atoms with Crippen molar-refractivity contribution in [1.82, 2.24) is 4.90 Å². The van der Waals surface area contributed by atoms with Crippen LogP contribution in [0.2, 0.25) is 5.02 Å². The first kappa shape index (κ1) is 12.5. The Balaban J connectivity index is 2.77. The second kappa shape index (κ2) is 6.11. The number of hydrogen-bond acceptors (Lipinski definition) is 2. The molecule has 1 atom stereocenters. The second-order valence-corrected chi connectivity index (χ2v) is 4.22. The van der Waals surface area contributed by atoms with Gasteiger partial charge in [0.2, 0.25) is 0 Å². The normalized spacial score (nSPS) is 13.1. The van der Waals surface area contributed by atoms with Gasteiger partial charge >= 0.3 is 0 Å². The fourth-order valence-corrected chi connectivity index (χ4v) is 1.89. The molecule has 1 aromatic carbocycles. The summed E-state index contributed by atoms with van der Waals surface area (Å²) in [6, 6.07) is 8.22. The van der Waals surface area contributed by atoms with Crippen LogP contribution in [0.15, 0.2) is 24.3 Å². The highest BCUT2D eigenvalue weighted by atomic mass is 35.5. The maximum atomic E-state index is 5.86. The highest BCUT2D eigenvalue weighted by molar-refractivity contribution is 6.30. The lowest BCUT2D eigenvalue weighted by atomic mass is 10.1. The van der Waals surface area contributed by atoms with Gasteiger partial charge in [-0.25, -0.2) is 0 Å². The summed E-state index contributed by atoms with van der Waals surface area (Å²) in [4.78, 5) is 2.28. The number of rotatable bonds is 5. The van der Waals surface area contributed by atoms with E-state index in [1.54, 1.807) is 0 Å². The summed E-state index contributed by atoms with van der Waals surface area (Å²) in [5.74, 6) is 0. The molecule has 2 N–H and O–H groups in total. The van der Waals surface area contributed by atoms with Crippen LogP contribution in [0.1, 0.15) is 24.9 Å². The summed E-state index contributed by atoms with van der Waals surface area (Å²) >= 11 is 5.86. The molecule has 0 fully saturated rings. The van der Waals surface area contributed by atoms with E-state index in [1.165, 1.54) is 5.56 Å². The van der Waals surface area contributed by atoms with E-state index in [4.69, 9.17) is 17.3 Å². The lowest BCUT2D eigenvalue weighted by molar-refractivity contribution is 0.251. The average Bonchev–Trinajstić information content (AvgIpc) is 2.22. The molecule has 2 nitrogen and oxygen atoms in total. The molecule has 0 bridgehead atoms. The summed E-state index contributed by atoms with van der Waals surface area (Å²) in [5, 5.41) is 0.771. The molecule has 0 spiro atoms. The molecule has 0 heterocycles. The van der Waals surface area contributed by atoms with E-state index in [0.717, 1.165) is 18.0 Å². The number of hydrogen-bond donors (Lipinski definition) is 1. The number of benzene rings is 1.